The monoisotopic (exact) mass is 256 g/mol. The zero-order chi connectivity index (χ0) is 11.5. The summed E-state index contributed by atoms with van der Waals surface area (Å²) >= 11 is 7.29. The third-order valence-corrected chi connectivity index (χ3v) is 3.21. The van der Waals surface area contributed by atoms with E-state index in [4.69, 9.17) is 16.7 Å². The Balaban J connectivity index is 2.14. The molecular weight excluding hydrogens is 248 g/mol. The molecule has 0 amide bonds. The van der Waals surface area contributed by atoms with Crippen LogP contribution >= 0.6 is 23.4 Å². The molecule has 6 heteroatoms. The van der Waals surface area contributed by atoms with E-state index in [1.54, 1.807) is 6.07 Å². The molecule has 0 atom stereocenters. The largest absolute Gasteiger partial charge is 0.481 e. The van der Waals surface area contributed by atoms with Crippen LogP contribution in [0.2, 0.25) is 5.02 Å². The second-order valence-corrected chi connectivity index (χ2v) is 4.60. The third-order valence-electron chi connectivity index (χ3n) is 1.96. The number of halogens is 1. The Morgan fingerprint density at radius 1 is 1.62 bits per heavy atom. The Hall–Kier alpha value is -1.20. The van der Waals surface area contributed by atoms with Gasteiger partial charge in [0.1, 0.15) is 0 Å². The first-order valence-corrected chi connectivity index (χ1v) is 6.12. The number of hydrogen-bond donors (Lipinski definition) is 1. The fraction of sp³-hybridized carbons (Fsp3) is 0.200. The Morgan fingerprint density at radius 2 is 2.44 bits per heavy atom. The molecule has 2 aromatic rings. The molecule has 0 aliphatic carbocycles. The molecule has 2 rings (SSSR count). The van der Waals surface area contributed by atoms with Crippen LogP contribution in [0.3, 0.4) is 0 Å². The summed E-state index contributed by atoms with van der Waals surface area (Å²) in [6.45, 7) is 0. The molecule has 16 heavy (non-hydrogen) atoms. The molecule has 4 nitrogen and oxygen atoms in total. The van der Waals surface area contributed by atoms with E-state index in [2.05, 4.69) is 4.98 Å². The maximum Gasteiger partial charge on any atom is 0.313 e. The van der Waals surface area contributed by atoms with Gasteiger partial charge in [0.2, 0.25) is 0 Å². The molecule has 2 heterocycles. The van der Waals surface area contributed by atoms with Gasteiger partial charge in [0.25, 0.3) is 0 Å². The number of carboxylic acid groups (broad SMARTS) is 1. The first-order chi connectivity index (χ1) is 7.66. The molecular formula is C10H9ClN2O2S. The van der Waals surface area contributed by atoms with Gasteiger partial charge < -0.3 is 9.51 Å². The Morgan fingerprint density at radius 3 is 3.12 bits per heavy atom. The zero-order valence-corrected chi connectivity index (χ0v) is 9.83. The highest BCUT2D eigenvalue weighted by atomic mass is 35.5. The van der Waals surface area contributed by atoms with Crippen LogP contribution in [-0.4, -0.2) is 26.2 Å². The summed E-state index contributed by atoms with van der Waals surface area (Å²) in [4.78, 5) is 14.7. The molecule has 0 radical (unpaired) electrons. The van der Waals surface area contributed by atoms with Gasteiger partial charge in [-0.05, 0) is 12.1 Å². The van der Waals surface area contributed by atoms with E-state index >= 15 is 0 Å². The van der Waals surface area contributed by atoms with Gasteiger partial charge in [-0.25, -0.2) is 4.98 Å². The highest BCUT2D eigenvalue weighted by molar-refractivity contribution is 7.99. The lowest BCUT2D eigenvalue weighted by atomic mass is 10.5. The maximum absolute atomic E-state index is 10.3. The van der Waals surface area contributed by atoms with E-state index in [-0.39, 0.29) is 5.75 Å². The fourth-order valence-electron chi connectivity index (χ4n) is 1.34. The van der Waals surface area contributed by atoms with Gasteiger partial charge in [0.15, 0.2) is 5.65 Å². The van der Waals surface area contributed by atoms with Gasteiger partial charge in [0.05, 0.1) is 16.5 Å². The van der Waals surface area contributed by atoms with Crippen molar-refractivity contribution in [3.63, 3.8) is 0 Å². The van der Waals surface area contributed by atoms with Crippen molar-refractivity contribution in [2.75, 3.05) is 5.75 Å². The van der Waals surface area contributed by atoms with E-state index in [9.17, 15) is 4.79 Å². The number of thioether (sulfide) groups is 1. The summed E-state index contributed by atoms with van der Waals surface area (Å²) in [6, 6.07) is 3.61. The van der Waals surface area contributed by atoms with E-state index in [1.807, 2.05) is 22.9 Å². The summed E-state index contributed by atoms with van der Waals surface area (Å²) in [5.74, 6) is -0.155. The first-order valence-electron chi connectivity index (χ1n) is 4.58. The smallest absolute Gasteiger partial charge is 0.313 e. The number of fused-ring (bicyclic) bond motifs is 1. The fourth-order valence-corrected chi connectivity index (χ4v) is 2.18. The quantitative estimate of drug-likeness (QED) is 0.912. The number of rotatable bonds is 4. The molecule has 0 saturated carbocycles. The first kappa shape index (κ1) is 11.3. The molecule has 2 aromatic heterocycles. The lowest BCUT2D eigenvalue weighted by Crippen LogP contribution is -1.98. The maximum atomic E-state index is 10.3. The normalized spacial score (nSPS) is 10.8. The number of imidazole rings is 1. The zero-order valence-electron chi connectivity index (χ0n) is 8.26. The number of hydrogen-bond acceptors (Lipinski definition) is 3. The average molecular weight is 257 g/mol. The van der Waals surface area contributed by atoms with Crippen molar-refractivity contribution in [1.82, 2.24) is 9.38 Å². The van der Waals surface area contributed by atoms with Crippen LogP contribution in [0.4, 0.5) is 0 Å². The van der Waals surface area contributed by atoms with Gasteiger partial charge in [0, 0.05) is 18.1 Å². The van der Waals surface area contributed by atoms with E-state index in [1.165, 1.54) is 11.8 Å². The number of aromatic nitrogens is 2. The predicted molar refractivity (Wildman–Crippen MR) is 64.0 cm³/mol. The SMILES string of the molecule is O=C(O)CSCc1cn2cccc(Cl)c2n1. The summed E-state index contributed by atoms with van der Waals surface area (Å²) in [7, 11) is 0. The number of carboxylic acids is 1. The van der Waals surface area contributed by atoms with Crippen LogP contribution in [0, 0.1) is 0 Å². The van der Waals surface area contributed by atoms with Crippen LogP contribution in [-0.2, 0) is 10.5 Å². The average Bonchev–Trinajstić information content (AvgIpc) is 2.61. The second kappa shape index (κ2) is 4.76. The standard InChI is InChI=1S/C10H9ClN2O2S/c11-8-2-1-3-13-4-7(12-10(8)13)5-16-6-9(14)15/h1-4H,5-6H2,(H,14,15). The minimum absolute atomic E-state index is 0.0849. The summed E-state index contributed by atoms with van der Waals surface area (Å²) in [6.07, 6.45) is 3.72. The number of nitrogens with zero attached hydrogens (tertiary/aromatic N) is 2. The van der Waals surface area contributed by atoms with Crippen LogP contribution in [0.1, 0.15) is 5.69 Å². The number of pyridine rings is 1. The highest BCUT2D eigenvalue weighted by Gasteiger charge is 2.05. The van der Waals surface area contributed by atoms with Gasteiger partial charge in [-0.3, -0.25) is 4.79 Å². The molecule has 84 valence electrons. The van der Waals surface area contributed by atoms with Gasteiger partial charge >= 0.3 is 5.97 Å². The van der Waals surface area contributed by atoms with Crippen molar-refractivity contribution >= 4 is 35.0 Å². The molecule has 0 aliphatic heterocycles. The molecule has 0 unspecified atom stereocenters. The van der Waals surface area contributed by atoms with Crippen molar-refractivity contribution in [2.45, 2.75) is 5.75 Å². The van der Waals surface area contributed by atoms with Gasteiger partial charge in [-0.1, -0.05) is 11.6 Å². The van der Waals surface area contributed by atoms with Crippen LogP contribution in [0.5, 0.6) is 0 Å². The van der Waals surface area contributed by atoms with Crippen molar-refractivity contribution in [3.8, 4) is 0 Å². The van der Waals surface area contributed by atoms with Crippen molar-refractivity contribution in [3.05, 3.63) is 35.2 Å². The van der Waals surface area contributed by atoms with Gasteiger partial charge in [-0.2, -0.15) is 0 Å². The van der Waals surface area contributed by atoms with Crippen LogP contribution < -0.4 is 0 Å². The Bertz CT molecular complexity index is 527. The summed E-state index contributed by atoms with van der Waals surface area (Å²) in [5, 5.41) is 9.10. The number of aliphatic carboxylic acids is 1. The van der Waals surface area contributed by atoms with Crippen LogP contribution in [0.25, 0.3) is 5.65 Å². The molecule has 0 spiro atoms. The van der Waals surface area contributed by atoms with E-state index in [0.29, 0.717) is 16.4 Å². The minimum Gasteiger partial charge on any atom is -0.481 e. The molecule has 0 bridgehead atoms. The van der Waals surface area contributed by atoms with Crippen LogP contribution in [0.15, 0.2) is 24.5 Å². The molecule has 0 aliphatic rings. The topological polar surface area (TPSA) is 54.6 Å². The summed E-state index contributed by atoms with van der Waals surface area (Å²) in [5.41, 5.74) is 1.54. The highest BCUT2D eigenvalue weighted by Crippen LogP contribution is 2.18. The lowest BCUT2D eigenvalue weighted by molar-refractivity contribution is -0.133. The lowest BCUT2D eigenvalue weighted by Gasteiger charge is -1.92. The Kier molecular flexibility index (Phi) is 3.36. The van der Waals surface area contributed by atoms with Crippen molar-refractivity contribution < 1.29 is 9.90 Å². The van der Waals surface area contributed by atoms with E-state index in [0.717, 1.165) is 5.69 Å². The van der Waals surface area contributed by atoms with Crippen molar-refractivity contribution in [1.29, 1.82) is 0 Å². The molecule has 0 fully saturated rings. The third kappa shape index (κ3) is 2.48. The second-order valence-electron chi connectivity index (χ2n) is 3.21. The summed E-state index contributed by atoms with van der Waals surface area (Å²) < 4.78 is 1.83. The molecule has 0 saturated heterocycles. The van der Waals surface area contributed by atoms with E-state index < -0.39 is 5.97 Å². The molecule has 1 N–H and O–H groups in total. The van der Waals surface area contributed by atoms with Crippen molar-refractivity contribution in [2.24, 2.45) is 0 Å². The predicted octanol–water partition coefficient (Wildman–Crippen LogP) is 2.31. The van der Waals surface area contributed by atoms with Gasteiger partial charge in [-0.15, -0.1) is 11.8 Å². The molecule has 0 aromatic carbocycles. The number of carbonyl (C=O) groups is 1. The minimum atomic E-state index is -0.813. The Labute approximate surface area is 101 Å².